The Bertz CT molecular complexity index is 889. The molecule has 0 bridgehead atoms. The third-order valence-electron chi connectivity index (χ3n) is 3.52. The summed E-state index contributed by atoms with van der Waals surface area (Å²) in [6.07, 6.45) is 0. The molecule has 0 aliphatic rings. The zero-order chi connectivity index (χ0) is 16.6. The molecule has 0 spiro atoms. The molecule has 0 aliphatic carbocycles. The van der Waals surface area contributed by atoms with E-state index < -0.39 is 0 Å². The van der Waals surface area contributed by atoms with Crippen LogP contribution in [0.2, 0.25) is 0 Å². The van der Waals surface area contributed by atoms with Gasteiger partial charge in [0.1, 0.15) is 0 Å². The minimum absolute atomic E-state index is 0.153. The quantitative estimate of drug-likeness (QED) is 0.707. The fraction of sp³-hybridized carbons (Fsp3) is 0.250. The van der Waals surface area contributed by atoms with E-state index in [0.29, 0.717) is 12.3 Å². The molecule has 2 aromatic heterocycles. The van der Waals surface area contributed by atoms with E-state index in [0.717, 1.165) is 21.4 Å². The maximum absolute atomic E-state index is 12.6. The third-order valence-corrected chi connectivity index (χ3v) is 4.30. The van der Waals surface area contributed by atoms with Crippen molar-refractivity contribution in [3.05, 3.63) is 57.6 Å². The zero-order valence-corrected chi connectivity index (χ0v) is 14.7. The smallest absolute Gasteiger partial charge is 0.293 e. The van der Waals surface area contributed by atoms with Gasteiger partial charge in [-0.3, -0.25) is 4.79 Å². The molecule has 0 atom stereocenters. The summed E-state index contributed by atoms with van der Waals surface area (Å²) in [6, 6.07) is 9.71. The predicted octanol–water partition coefficient (Wildman–Crippen LogP) is 2.78. The topological polar surface area (TPSA) is 63.4 Å². The van der Waals surface area contributed by atoms with Gasteiger partial charge in [0.15, 0.2) is 0 Å². The summed E-state index contributed by atoms with van der Waals surface area (Å²) in [7, 11) is 1.74. The van der Waals surface area contributed by atoms with Crippen LogP contribution in [-0.4, -0.2) is 37.4 Å². The van der Waals surface area contributed by atoms with Gasteiger partial charge in [-0.25, -0.2) is 9.50 Å². The number of carbonyl (C=O) groups is 1. The van der Waals surface area contributed by atoms with Gasteiger partial charge in [-0.15, -0.1) is 5.10 Å². The molecule has 118 valence electrons. The summed E-state index contributed by atoms with van der Waals surface area (Å²) >= 11 is 3.49. The molecule has 6 nitrogen and oxygen atoms in total. The number of carbonyl (C=O) groups excluding carboxylic acids is 1. The van der Waals surface area contributed by atoms with Crippen molar-refractivity contribution in [1.29, 1.82) is 0 Å². The number of hydrogen-bond donors (Lipinski definition) is 0. The Morgan fingerprint density at radius 1 is 1.26 bits per heavy atom. The highest BCUT2D eigenvalue weighted by Crippen LogP contribution is 2.18. The lowest BCUT2D eigenvalue weighted by Gasteiger charge is -2.16. The summed E-state index contributed by atoms with van der Waals surface area (Å²) in [5, 5.41) is 4.28. The summed E-state index contributed by atoms with van der Waals surface area (Å²) in [4.78, 5) is 22.7. The van der Waals surface area contributed by atoms with Gasteiger partial charge >= 0.3 is 0 Å². The fourth-order valence-electron chi connectivity index (χ4n) is 2.38. The highest BCUT2D eigenvalue weighted by Gasteiger charge is 2.19. The number of hydrogen-bond acceptors (Lipinski definition) is 4. The molecule has 0 radical (unpaired) electrons. The lowest BCUT2D eigenvalue weighted by molar-refractivity contribution is 0.0773. The molecule has 0 fully saturated rings. The van der Waals surface area contributed by atoms with Crippen LogP contribution >= 0.6 is 15.9 Å². The Kier molecular flexibility index (Phi) is 4.12. The number of rotatable bonds is 3. The molecular weight excluding hydrogens is 358 g/mol. The van der Waals surface area contributed by atoms with Gasteiger partial charge in [0.2, 0.25) is 5.82 Å². The lowest BCUT2D eigenvalue weighted by atomic mass is 10.2. The van der Waals surface area contributed by atoms with Gasteiger partial charge in [-0.1, -0.05) is 34.1 Å². The Morgan fingerprint density at radius 3 is 2.74 bits per heavy atom. The molecule has 3 rings (SSSR count). The molecule has 1 amide bonds. The van der Waals surface area contributed by atoms with Crippen LogP contribution in [0.1, 0.15) is 27.6 Å². The Labute approximate surface area is 142 Å². The van der Waals surface area contributed by atoms with Gasteiger partial charge in [-0.05, 0) is 31.5 Å². The van der Waals surface area contributed by atoms with Crippen LogP contribution in [0.15, 0.2) is 34.8 Å². The van der Waals surface area contributed by atoms with E-state index in [1.165, 1.54) is 0 Å². The number of aryl methyl sites for hydroxylation is 2. The van der Waals surface area contributed by atoms with E-state index in [9.17, 15) is 4.79 Å². The summed E-state index contributed by atoms with van der Waals surface area (Å²) < 4.78 is 2.56. The molecule has 3 aromatic rings. The average Bonchev–Trinajstić information content (AvgIpc) is 2.93. The first-order chi connectivity index (χ1) is 11.0. The summed E-state index contributed by atoms with van der Waals surface area (Å²) in [5.41, 5.74) is 2.77. The van der Waals surface area contributed by atoms with Crippen LogP contribution in [0.4, 0.5) is 0 Å². The predicted molar refractivity (Wildman–Crippen MR) is 90.2 cm³/mol. The highest BCUT2D eigenvalue weighted by molar-refractivity contribution is 9.10. The van der Waals surface area contributed by atoms with Gasteiger partial charge < -0.3 is 4.90 Å². The average molecular weight is 374 g/mol. The van der Waals surface area contributed by atoms with Crippen molar-refractivity contribution in [2.24, 2.45) is 0 Å². The second-order valence-electron chi connectivity index (χ2n) is 5.44. The first kappa shape index (κ1) is 15.6. The van der Waals surface area contributed by atoms with Gasteiger partial charge in [-0.2, -0.15) is 4.98 Å². The van der Waals surface area contributed by atoms with E-state index in [1.807, 2.05) is 44.2 Å². The molecule has 2 heterocycles. The van der Waals surface area contributed by atoms with Crippen LogP contribution in [-0.2, 0) is 6.54 Å². The second-order valence-corrected chi connectivity index (χ2v) is 6.29. The SMILES string of the molecule is Cc1cc(C)n2nc(C(=O)N(C)Cc3ccccc3Br)nc2n1. The van der Waals surface area contributed by atoms with E-state index in [2.05, 4.69) is 31.0 Å². The maximum atomic E-state index is 12.6. The van der Waals surface area contributed by atoms with Crippen molar-refractivity contribution in [3.63, 3.8) is 0 Å². The van der Waals surface area contributed by atoms with Crippen LogP contribution in [0.5, 0.6) is 0 Å². The minimum Gasteiger partial charge on any atom is -0.335 e. The third kappa shape index (κ3) is 3.10. The van der Waals surface area contributed by atoms with E-state index in [-0.39, 0.29) is 11.7 Å². The largest absolute Gasteiger partial charge is 0.335 e. The van der Waals surface area contributed by atoms with Gasteiger partial charge in [0.05, 0.1) is 0 Å². The normalized spacial score (nSPS) is 11.0. The van der Waals surface area contributed by atoms with Crippen molar-refractivity contribution in [3.8, 4) is 0 Å². The first-order valence-corrected chi connectivity index (χ1v) is 7.95. The molecule has 1 aromatic carbocycles. The molecule has 0 aliphatic heterocycles. The molecule has 0 N–H and O–H groups in total. The van der Waals surface area contributed by atoms with E-state index in [4.69, 9.17) is 0 Å². The van der Waals surface area contributed by atoms with Crippen LogP contribution < -0.4 is 0 Å². The summed E-state index contributed by atoms with van der Waals surface area (Å²) in [6.45, 7) is 4.28. The minimum atomic E-state index is -0.233. The molecule has 7 heteroatoms. The molecular formula is C16H16BrN5O. The van der Waals surface area contributed by atoms with Crippen molar-refractivity contribution < 1.29 is 4.79 Å². The Balaban J connectivity index is 1.88. The number of halogens is 1. The van der Waals surface area contributed by atoms with Gasteiger partial charge in [0, 0.05) is 29.5 Å². The Morgan fingerprint density at radius 2 is 2.00 bits per heavy atom. The first-order valence-electron chi connectivity index (χ1n) is 7.15. The highest BCUT2D eigenvalue weighted by atomic mass is 79.9. The molecule has 0 saturated carbocycles. The van der Waals surface area contributed by atoms with Crippen LogP contribution in [0.25, 0.3) is 5.78 Å². The van der Waals surface area contributed by atoms with Crippen molar-refractivity contribution in [2.75, 3.05) is 7.05 Å². The number of nitrogens with zero attached hydrogens (tertiary/aromatic N) is 5. The zero-order valence-electron chi connectivity index (χ0n) is 13.1. The van der Waals surface area contributed by atoms with E-state index >= 15 is 0 Å². The number of benzene rings is 1. The van der Waals surface area contributed by atoms with Crippen molar-refractivity contribution in [2.45, 2.75) is 20.4 Å². The fourth-order valence-corrected chi connectivity index (χ4v) is 2.79. The van der Waals surface area contributed by atoms with E-state index in [1.54, 1.807) is 16.5 Å². The maximum Gasteiger partial charge on any atom is 0.293 e. The van der Waals surface area contributed by atoms with Gasteiger partial charge in [0.25, 0.3) is 11.7 Å². The molecule has 0 unspecified atom stereocenters. The summed E-state index contributed by atoms with van der Waals surface area (Å²) in [5.74, 6) is 0.365. The number of fused-ring (bicyclic) bond motifs is 1. The molecule has 23 heavy (non-hydrogen) atoms. The lowest BCUT2D eigenvalue weighted by Crippen LogP contribution is -2.27. The standard InChI is InChI=1S/C16H16BrN5O/c1-10-8-11(2)22-16(18-10)19-14(20-22)15(23)21(3)9-12-6-4-5-7-13(12)17/h4-8H,9H2,1-3H3. The van der Waals surface area contributed by atoms with Crippen LogP contribution in [0.3, 0.4) is 0 Å². The Hall–Kier alpha value is -2.28. The second kappa shape index (κ2) is 6.08. The van der Waals surface area contributed by atoms with Crippen molar-refractivity contribution >= 4 is 27.6 Å². The van der Waals surface area contributed by atoms with Crippen molar-refractivity contribution in [1.82, 2.24) is 24.5 Å². The number of amides is 1. The number of aromatic nitrogens is 4. The monoisotopic (exact) mass is 373 g/mol. The van der Waals surface area contributed by atoms with Crippen LogP contribution in [0, 0.1) is 13.8 Å². The molecule has 0 saturated heterocycles.